The normalized spacial score (nSPS) is 19.7. The van der Waals surface area contributed by atoms with Crippen LogP contribution in [0, 0.1) is 23.1 Å². The number of nitrogens with zero attached hydrogens (tertiary/aromatic N) is 2. The molecule has 1 saturated carbocycles. The van der Waals surface area contributed by atoms with Crippen LogP contribution in [-0.2, 0) is 19.0 Å². The van der Waals surface area contributed by atoms with Crippen molar-refractivity contribution in [3.05, 3.63) is 87.2 Å². The van der Waals surface area contributed by atoms with Crippen molar-refractivity contribution in [2.24, 2.45) is 5.92 Å². The SMILES string of the molecule is COC(=O)C1CCC(N(CC(c2ccccc2)c2cc(-c3c(C#N)ccc(OC[C@@H]4CCCO4)c3F)c(Cl)cc2Cl)C(=O)OC(C)(C)C)CC1. The molecular weight excluding hydrogens is 682 g/mol. The first-order valence-corrected chi connectivity index (χ1v) is 17.7. The highest BCUT2D eigenvalue weighted by atomic mass is 35.5. The van der Waals surface area contributed by atoms with Gasteiger partial charge in [-0.15, -0.1) is 0 Å². The van der Waals surface area contributed by atoms with Crippen LogP contribution in [0.5, 0.6) is 5.75 Å². The summed E-state index contributed by atoms with van der Waals surface area (Å²) < 4.78 is 38.7. The Morgan fingerprint density at radius 1 is 1.04 bits per heavy atom. The third kappa shape index (κ3) is 8.90. The van der Waals surface area contributed by atoms with Crippen LogP contribution in [0.2, 0.25) is 10.0 Å². The maximum Gasteiger partial charge on any atom is 0.410 e. The first-order valence-electron chi connectivity index (χ1n) is 17.0. The van der Waals surface area contributed by atoms with Crippen molar-refractivity contribution < 1.29 is 32.9 Å². The molecular formula is C39H43Cl2FN2O6. The summed E-state index contributed by atoms with van der Waals surface area (Å²) in [4.78, 5) is 28.0. The Kier molecular flexibility index (Phi) is 12.3. The monoisotopic (exact) mass is 724 g/mol. The summed E-state index contributed by atoms with van der Waals surface area (Å²) in [7, 11) is 1.39. The number of amides is 1. The van der Waals surface area contributed by atoms with Gasteiger partial charge in [-0.1, -0.05) is 53.5 Å². The van der Waals surface area contributed by atoms with E-state index >= 15 is 4.39 Å². The van der Waals surface area contributed by atoms with Crippen molar-refractivity contribution in [2.45, 2.75) is 83.0 Å². The number of halogens is 3. The topological polar surface area (TPSA) is 98.1 Å². The molecule has 1 unspecified atom stereocenters. The minimum absolute atomic E-state index is 0.00259. The Hall–Kier alpha value is -3.84. The summed E-state index contributed by atoms with van der Waals surface area (Å²) in [6.07, 6.45) is 3.42. The van der Waals surface area contributed by atoms with Gasteiger partial charge in [0.25, 0.3) is 0 Å². The van der Waals surface area contributed by atoms with Gasteiger partial charge in [-0.2, -0.15) is 5.26 Å². The van der Waals surface area contributed by atoms with Crippen molar-refractivity contribution in [3.8, 4) is 22.9 Å². The fourth-order valence-electron chi connectivity index (χ4n) is 6.76. The van der Waals surface area contributed by atoms with Crippen LogP contribution in [0.3, 0.4) is 0 Å². The summed E-state index contributed by atoms with van der Waals surface area (Å²) in [5.74, 6) is -1.71. The highest BCUT2D eigenvalue weighted by molar-refractivity contribution is 6.37. The van der Waals surface area contributed by atoms with Crippen molar-refractivity contribution in [1.29, 1.82) is 5.26 Å². The van der Waals surface area contributed by atoms with E-state index in [-0.39, 0.29) is 64.6 Å². The highest BCUT2D eigenvalue weighted by Gasteiger charge is 2.36. The molecule has 0 aromatic heterocycles. The van der Waals surface area contributed by atoms with E-state index in [0.717, 1.165) is 18.4 Å². The second-order valence-electron chi connectivity index (χ2n) is 13.8. The second kappa shape index (κ2) is 16.5. The summed E-state index contributed by atoms with van der Waals surface area (Å²) in [5.41, 5.74) is 1.03. The van der Waals surface area contributed by atoms with Crippen LogP contribution in [0.15, 0.2) is 54.6 Å². The van der Waals surface area contributed by atoms with E-state index in [9.17, 15) is 14.9 Å². The van der Waals surface area contributed by atoms with Gasteiger partial charge in [0.2, 0.25) is 0 Å². The smallest absolute Gasteiger partial charge is 0.410 e. The summed E-state index contributed by atoms with van der Waals surface area (Å²) in [6, 6.07) is 17.6. The second-order valence-corrected chi connectivity index (χ2v) is 14.7. The van der Waals surface area contributed by atoms with Gasteiger partial charge >= 0.3 is 12.1 Å². The van der Waals surface area contributed by atoms with Crippen LogP contribution in [0.25, 0.3) is 11.1 Å². The van der Waals surface area contributed by atoms with Crippen LogP contribution >= 0.6 is 23.2 Å². The number of hydrogen-bond acceptors (Lipinski definition) is 7. The van der Waals surface area contributed by atoms with Gasteiger partial charge in [-0.3, -0.25) is 4.79 Å². The standard InChI is InChI=1S/C39H43Cl2FN2O6/c1-39(2,3)50-38(46)44(27-15-12-25(13-16-27)37(45)47-4)22-31(24-9-6-5-7-10-24)29-19-30(33(41)20-32(29)40)35-26(21-43)14-17-34(36(35)42)49-23-28-11-8-18-48-28/h5-7,9-10,14,17,19-20,25,27-28,31H,8,11-13,15-16,18,22-23H2,1-4H3/t25?,27?,28-,31?/m0/s1. The molecule has 0 bridgehead atoms. The molecule has 50 heavy (non-hydrogen) atoms. The van der Waals surface area contributed by atoms with Gasteiger partial charge < -0.3 is 23.8 Å². The molecule has 0 N–H and O–H groups in total. The van der Waals surface area contributed by atoms with E-state index in [1.807, 2.05) is 51.1 Å². The summed E-state index contributed by atoms with van der Waals surface area (Å²) >= 11 is 13.7. The Balaban J connectivity index is 1.57. The van der Waals surface area contributed by atoms with Crippen molar-refractivity contribution in [1.82, 2.24) is 4.90 Å². The van der Waals surface area contributed by atoms with Crippen LogP contribution in [-0.4, -0.2) is 61.6 Å². The zero-order valence-electron chi connectivity index (χ0n) is 28.8. The van der Waals surface area contributed by atoms with E-state index in [0.29, 0.717) is 42.9 Å². The molecule has 1 amide bonds. The number of rotatable bonds is 10. The number of carbonyl (C=O) groups is 2. The van der Waals surface area contributed by atoms with Crippen LogP contribution < -0.4 is 4.74 Å². The average molecular weight is 726 g/mol. The molecule has 1 saturated heterocycles. The molecule has 2 fully saturated rings. The number of carbonyl (C=O) groups excluding carboxylic acids is 2. The maximum absolute atomic E-state index is 16.3. The molecule has 11 heteroatoms. The van der Waals surface area contributed by atoms with Gasteiger partial charge in [0.1, 0.15) is 12.2 Å². The number of nitriles is 1. The Morgan fingerprint density at radius 3 is 2.38 bits per heavy atom. The molecule has 2 aliphatic rings. The van der Waals surface area contributed by atoms with E-state index < -0.39 is 23.4 Å². The molecule has 3 aromatic carbocycles. The predicted molar refractivity (Wildman–Crippen MR) is 190 cm³/mol. The largest absolute Gasteiger partial charge is 0.488 e. The number of methoxy groups -OCH3 is 1. The predicted octanol–water partition coefficient (Wildman–Crippen LogP) is 9.33. The summed E-state index contributed by atoms with van der Waals surface area (Å²) in [6.45, 7) is 6.43. The average Bonchev–Trinajstić information content (AvgIpc) is 3.62. The number of hydrogen-bond donors (Lipinski definition) is 0. The van der Waals surface area contributed by atoms with Gasteiger partial charge in [0, 0.05) is 41.3 Å². The zero-order chi connectivity index (χ0) is 36.0. The van der Waals surface area contributed by atoms with Crippen molar-refractivity contribution >= 4 is 35.3 Å². The van der Waals surface area contributed by atoms with E-state index in [1.54, 1.807) is 17.0 Å². The first-order chi connectivity index (χ1) is 23.9. The molecule has 1 heterocycles. The van der Waals surface area contributed by atoms with Gasteiger partial charge in [0.15, 0.2) is 11.6 Å². The zero-order valence-corrected chi connectivity index (χ0v) is 30.4. The van der Waals surface area contributed by atoms with Crippen LogP contribution in [0.4, 0.5) is 9.18 Å². The van der Waals surface area contributed by atoms with E-state index in [2.05, 4.69) is 6.07 Å². The van der Waals surface area contributed by atoms with E-state index in [4.69, 9.17) is 42.1 Å². The summed E-state index contributed by atoms with van der Waals surface area (Å²) in [5, 5.41) is 10.5. The lowest BCUT2D eigenvalue weighted by atomic mass is 9.84. The molecule has 2 atom stereocenters. The number of esters is 1. The van der Waals surface area contributed by atoms with Gasteiger partial charge in [-0.05, 0) is 94.7 Å². The highest BCUT2D eigenvalue weighted by Crippen LogP contribution is 2.43. The van der Waals surface area contributed by atoms with Crippen molar-refractivity contribution in [2.75, 3.05) is 26.9 Å². The molecule has 3 aromatic rings. The fraction of sp³-hybridized carbons (Fsp3) is 0.462. The lowest BCUT2D eigenvalue weighted by molar-refractivity contribution is -0.146. The fourth-order valence-corrected chi connectivity index (χ4v) is 7.37. The number of benzene rings is 3. The lowest BCUT2D eigenvalue weighted by Crippen LogP contribution is -2.47. The maximum atomic E-state index is 16.3. The molecule has 0 spiro atoms. The van der Waals surface area contributed by atoms with E-state index in [1.165, 1.54) is 19.2 Å². The Bertz CT molecular complexity index is 1710. The Labute approximate surface area is 303 Å². The first kappa shape index (κ1) is 37.4. The van der Waals surface area contributed by atoms with Crippen LogP contribution in [0.1, 0.15) is 81.9 Å². The quantitative estimate of drug-likeness (QED) is 0.192. The molecule has 0 radical (unpaired) electrons. The molecule has 5 rings (SSSR count). The minimum Gasteiger partial charge on any atom is -0.488 e. The number of ether oxygens (including phenoxy) is 4. The molecule has 266 valence electrons. The third-order valence-electron chi connectivity index (χ3n) is 9.29. The molecule has 1 aliphatic carbocycles. The lowest BCUT2D eigenvalue weighted by Gasteiger charge is -2.39. The third-order valence-corrected chi connectivity index (χ3v) is 9.93. The van der Waals surface area contributed by atoms with Gasteiger partial charge in [0.05, 0.1) is 35.8 Å². The van der Waals surface area contributed by atoms with Crippen molar-refractivity contribution in [3.63, 3.8) is 0 Å². The molecule has 1 aliphatic heterocycles. The van der Waals surface area contributed by atoms with Gasteiger partial charge in [-0.25, -0.2) is 9.18 Å². The molecule has 8 nitrogen and oxygen atoms in total. The minimum atomic E-state index is -0.756. The Morgan fingerprint density at radius 2 is 1.76 bits per heavy atom.